The molecule has 30 heavy (non-hydrogen) atoms. The van der Waals surface area contributed by atoms with E-state index in [1.165, 1.54) is 7.11 Å². The molecular weight excluding hydrogens is 384 g/mol. The topological polar surface area (TPSA) is 90.6 Å². The maximum absolute atomic E-state index is 13.0. The van der Waals surface area contributed by atoms with Gasteiger partial charge in [0.25, 0.3) is 5.91 Å². The van der Waals surface area contributed by atoms with Gasteiger partial charge in [-0.2, -0.15) is 0 Å². The molecule has 0 spiro atoms. The lowest BCUT2D eigenvalue weighted by Crippen LogP contribution is -2.42. The van der Waals surface area contributed by atoms with E-state index in [0.717, 1.165) is 34.8 Å². The van der Waals surface area contributed by atoms with Crippen LogP contribution in [0, 0.1) is 6.92 Å². The molecule has 8 nitrogen and oxygen atoms in total. The van der Waals surface area contributed by atoms with Gasteiger partial charge in [-0.3, -0.25) is 4.79 Å². The molecule has 0 N–H and O–H groups in total. The number of hydrogen-bond acceptors (Lipinski definition) is 7. The van der Waals surface area contributed by atoms with Crippen LogP contribution in [0.3, 0.4) is 0 Å². The molecule has 1 saturated heterocycles. The number of ether oxygens (including phenoxy) is 2. The zero-order valence-electron chi connectivity index (χ0n) is 17.3. The Labute approximate surface area is 174 Å². The molecule has 0 aromatic carbocycles. The minimum Gasteiger partial charge on any atom is -0.480 e. The van der Waals surface area contributed by atoms with Crippen molar-refractivity contribution in [1.29, 1.82) is 0 Å². The number of carbonyl (C=O) groups is 1. The van der Waals surface area contributed by atoms with Crippen LogP contribution in [0.4, 0.5) is 0 Å². The van der Waals surface area contributed by atoms with E-state index in [1.807, 2.05) is 32.0 Å². The Hall–Kier alpha value is -3.26. The second kappa shape index (κ2) is 8.62. The molecule has 1 unspecified atom stereocenters. The van der Waals surface area contributed by atoms with Gasteiger partial charge in [0.05, 0.1) is 42.9 Å². The van der Waals surface area contributed by atoms with E-state index in [9.17, 15) is 4.79 Å². The van der Waals surface area contributed by atoms with Crippen molar-refractivity contribution in [2.24, 2.45) is 0 Å². The van der Waals surface area contributed by atoms with Crippen molar-refractivity contribution < 1.29 is 18.8 Å². The highest BCUT2D eigenvalue weighted by molar-refractivity contribution is 5.96. The van der Waals surface area contributed by atoms with Crippen molar-refractivity contribution in [3.05, 3.63) is 59.2 Å². The summed E-state index contributed by atoms with van der Waals surface area (Å²) >= 11 is 0. The lowest BCUT2D eigenvalue weighted by atomic mass is 10.1. The van der Waals surface area contributed by atoms with Crippen LogP contribution < -0.4 is 4.74 Å². The van der Waals surface area contributed by atoms with Gasteiger partial charge < -0.3 is 18.9 Å². The molecule has 4 heterocycles. The normalized spacial score (nSPS) is 16.5. The Balaban J connectivity index is 1.58. The second-order valence-electron chi connectivity index (χ2n) is 7.04. The minimum absolute atomic E-state index is 0.132. The number of methoxy groups -OCH3 is 1. The average Bonchev–Trinajstić information content (AvgIpc) is 3.19. The van der Waals surface area contributed by atoms with E-state index in [4.69, 9.17) is 19.0 Å². The highest BCUT2D eigenvalue weighted by Gasteiger charge is 2.29. The van der Waals surface area contributed by atoms with Gasteiger partial charge in [-0.1, -0.05) is 18.1 Å². The van der Waals surface area contributed by atoms with E-state index in [-0.39, 0.29) is 12.0 Å². The third-order valence-corrected chi connectivity index (χ3v) is 5.16. The van der Waals surface area contributed by atoms with Crippen LogP contribution in [0.15, 0.2) is 41.1 Å². The smallest absolute Gasteiger partial charge is 0.259 e. The third-order valence-electron chi connectivity index (χ3n) is 5.16. The van der Waals surface area contributed by atoms with E-state index in [1.54, 1.807) is 23.2 Å². The maximum atomic E-state index is 13.0. The van der Waals surface area contributed by atoms with Gasteiger partial charge in [-0.15, -0.1) is 0 Å². The summed E-state index contributed by atoms with van der Waals surface area (Å²) in [4.78, 5) is 23.7. The van der Waals surface area contributed by atoms with Crippen LogP contribution in [0.1, 0.15) is 40.5 Å². The third kappa shape index (κ3) is 3.78. The first-order valence-corrected chi connectivity index (χ1v) is 9.94. The molecule has 1 atom stereocenters. The fourth-order valence-electron chi connectivity index (χ4n) is 3.66. The Morgan fingerprint density at radius 2 is 2.17 bits per heavy atom. The minimum atomic E-state index is -0.324. The average molecular weight is 408 g/mol. The fourth-order valence-corrected chi connectivity index (χ4v) is 3.66. The van der Waals surface area contributed by atoms with Gasteiger partial charge in [0.15, 0.2) is 0 Å². The molecular formula is C22H24N4O4. The predicted octanol–water partition coefficient (Wildman–Crippen LogP) is 3.22. The van der Waals surface area contributed by atoms with Crippen LogP contribution in [0.5, 0.6) is 5.88 Å². The summed E-state index contributed by atoms with van der Waals surface area (Å²) in [6.45, 7) is 5.25. The maximum Gasteiger partial charge on any atom is 0.259 e. The molecule has 1 fully saturated rings. The zero-order chi connectivity index (χ0) is 21.1. The van der Waals surface area contributed by atoms with E-state index in [2.05, 4.69) is 10.1 Å². The molecule has 0 bridgehead atoms. The molecule has 0 aliphatic carbocycles. The number of hydrogen-bond donors (Lipinski definition) is 0. The number of pyridine rings is 2. The number of aryl methyl sites for hydroxylation is 2. The molecule has 0 saturated carbocycles. The van der Waals surface area contributed by atoms with E-state index in [0.29, 0.717) is 31.1 Å². The first-order chi connectivity index (χ1) is 14.6. The summed E-state index contributed by atoms with van der Waals surface area (Å²) in [5, 5.41) is 4.07. The molecule has 156 valence electrons. The summed E-state index contributed by atoms with van der Waals surface area (Å²) < 4.78 is 16.6. The number of rotatable bonds is 5. The van der Waals surface area contributed by atoms with Crippen molar-refractivity contribution in [3.63, 3.8) is 0 Å². The summed E-state index contributed by atoms with van der Waals surface area (Å²) in [6.07, 6.45) is 2.01. The molecule has 1 amide bonds. The van der Waals surface area contributed by atoms with Crippen LogP contribution >= 0.6 is 0 Å². The van der Waals surface area contributed by atoms with Crippen LogP contribution in [-0.4, -0.2) is 52.7 Å². The second-order valence-corrected chi connectivity index (χ2v) is 7.04. The summed E-state index contributed by atoms with van der Waals surface area (Å²) in [6, 6.07) is 9.25. The van der Waals surface area contributed by atoms with Crippen molar-refractivity contribution >= 4 is 5.91 Å². The molecule has 1 aliphatic heterocycles. The molecule has 1 aliphatic rings. The lowest BCUT2D eigenvalue weighted by molar-refractivity contribution is -0.0247. The molecule has 0 radical (unpaired) electrons. The zero-order valence-corrected chi connectivity index (χ0v) is 17.3. The van der Waals surface area contributed by atoms with Crippen LogP contribution in [0.25, 0.3) is 11.3 Å². The summed E-state index contributed by atoms with van der Waals surface area (Å²) in [5.74, 6) is 0.996. The van der Waals surface area contributed by atoms with E-state index < -0.39 is 0 Å². The number of nitrogens with zero attached hydrogens (tertiary/aromatic N) is 4. The van der Waals surface area contributed by atoms with Gasteiger partial charge >= 0.3 is 0 Å². The van der Waals surface area contributed by atoms with Gasteiger partial charge in [0.2, 0.25) is 5.88 Å². The monoisotopic (exact) mass is 408 g/mol. The standard InChI is InChI=1S/C22H24N4O4/c1-4-18-20(14(2)25-30-18)17-9-5-8-16(24-17)19-13-26(11-12-29-19)22(27)15-7-6-10-23-21(15)28-3/h5-10,19H,4,11-13H2,1-3H3. The largest absolute Gasteiger partial charge is 0.480 e. The summed E-state index contributed by atoms with van der Waals surface area (Å²) in [7, 11) is 1.51. The van der Waals surface area contributed by atoms with Gasteiger partial charge in [-0.25, -0.2) is 9.97 Å². The van der Waals surface area contributed by atoms with Crippen LogP contribution in [0.2, 0.25) is 0 Å². The number of aromatic nitrogens is 3. The van der Waals surface area contributed by atoms with Crippen molar-refractivity contribution in [2.75, 3.05) is 26.8 Å². The lowest BCUT2D eigenvalue weighted by Gasteiger charge is -2.33. The Bertz CT molecular complexity index is 1050. The summed E-state index contributed by atoms with van der Waals surface area (Å²) in [5.41, 5.74) is 3.73. The highest BCUT2D eigenvalue weighted by atomic mass is 16.5. The molecule has 3 aromatic heterocycles. The molecule has 4 rings (SSSR count). The van der Waals surface area contributed by atoms with Crippen molar-refractivity contribution in [2.45, 2.75) is 26.4 Å². The van der Waals surface area contributed by atoms with Crippen molar-refractivity contribution in [3.8, 4) is 17.1 Å². The Kier molecular flexibility index (Phi) is 5.76. The predicted molar refractivity (Wildman–Crippen MR) is 109 cm³/mol. The molecule has 3 aromatic rings. The fraction of sp³-hybridized carbons (Fsp3) is 0.364. The van der Waals surface area contributed by atoms with Gasteiger partial charge in [0, 0.05) is 19.2 Å². The highest BCUT2D eigenvalue weighted by Crippen LogP contribution is 2.29. The SMILES string of the molecule is CCc1onc(C)c1-c1cccc(C2CN(C(=O)c3cccnc3OC)CCO2)n1. The van der Waals surface area contributed by atoms with E-state index >= 15 is 0 Å². The van der Waals surface area contributed by atoms with Crippen LogP contribution in [-0.2, 0) is 11.2 Å². The quantitative estimate of drug-likeness (QED) is 0.640. The Morgan fingerprint density at radius 3 is 2.97 bits per heavy atom. The number of carbonyl (C=O) groups excluding carboxylic acids is 1. The van der Waals surface area contributed by atoms with Gasteiger partial charge in [0.1, 0.15) is 17.4 Å². The first kappa shape index (κ1) is 20.0. The molecule has 8 heteroatoms. The van der Waals surface area contributed by atoms with Crippen molar-refractivity contribution in [1.82, 2.24) is 20.0 Å². The van der Waals surface area contributed by atoms with Gasteiger partial charge in [-0.05, 0) is 31.2 Å². The number of morpholine rings is 1. The Morgan fingerprint density at radius 1 is 1.30 bits per heavy atom. The number of amides is 1. The first-order valence-electron chi connectivity index (χ1n) is 9.94.